The Morgan fingerprint density at radius 2 is 2.22 bits per heavy atom. The molecule has 0 spiro atoms. The van der Waals surface area contributed by atoms with Crippen molar-refractivity contribution in [3.63, 3.8) is 0 Å². The fourth-order valence-electron chi connectivity index (χ4n) is 2.12. The molecule has 2 rings (SSSR count). The first-order valence-electron chi connectivity index (χ1n) is 5.55. The molecule has 1 aliphatic rings. The number of aliphatic hydroxyl groups is 1. The fraction of sp³-hybridized carbons (Fsp3) is 0.455. The van der Waals surface area contributed by atoms with Crippen molar-refractivity contribution in [2.24, 2.45) is 0 Å². The van der Waals surface area contributed by atoms with Crippen LogP contribution in [-0.2, 0) is 10.0 Å². The van der Waals surface area contributed by atoms with Crippen LogP contribution in [0.15, 0.2) is 23.1 Å². The maximum atomic E-state index is 13.8. The highest BCUT2D eigenvalue weighted by molar-refractivity contribution is 7.89. The average Bonchev–Trinajstić information content (AvgIpc) is 2.81. The molecule has 0 unspecified atom stereocenters. The lowest BCUT2D eigenvalue weighted by atomic mass is 10.2. The Morgan fingerprint density at radius 1 is 1.50 bits per heavy atom. The van der Waals surface area contributed by atoms with E-state index < -0.39 is 26.8 Å². The quantitative estimate of drug-likeness (QED) is 0.921. The Balaban J connectivity index is 2.45. The molecule has 1 fully saturated rings. The molecule has 0 bridgehead atoms. The van der Waals surface area contributed by atoms with Crippen LogP contribution < -0.4 is 0 Å². The highest BCUT2D eigenvalue weighted by Gasteiger charge is 2.36. The van der Waals surface area contributed by atoms with E-state index in [9.17, 15) is 12.8 Å². The number of rotatable bonds is 3. The molecule has 1 atom stereocenters. The van der Waals surface area contributed by atoms with Crippen molar-refractivity contribution < 1.29 is 17.9 Å². The van der Waals surface area contributed by atoms with Crippen molar-refractivity contribution in [1.82, 2.24) is 4.31 Å². The van der Waals surface area contributed by atoms with Gasteiger partial charge in [-0.1, -0.05) is 17.7 Å². The van der Waals surface area contributed by atoms with Gasteiger partial charge < -0.3 is 5.11 Å². The van der Waals surface area contributed by atoms with E-state index in [-0.39, 0.29) is 11.6 Å². The topological polar surface area (TPSA) is 57.6 Å². The number of hydrogen-bond acceptors (Lipinski definition) is 3. The standard InChI is InChI=1S/C11H13ClFNO3S/c12-9-4-1-5-10(11(9)13)18(16,17)14-6-2-3-8(14)7-15/h1,4-5,8,15H,2-3,6-7H2/t8-/m0/s1. The van der Waals surface area contributed by atoms with E-state index in [1.165, 1.54) is 18.2 Å². The number of hydrogen-bond donors (Lipinski definition) is 1. The van der Waals surface area contributed by atoms with Gasteiger partial charge in [0, 0.05) is 12.6 Å². The number of nitrogens with zero attached hydrogens (tertiary/aromatic N) is 1. The maximum Gasteiger partial charge on any atom is 0.246 e. The van der Waals surface area contributed by atoms with Gasteiger partial charge in [-0.05, 0) is 25.0 Å². The molecule has 7 heteroatoms. The summed E-state index contributed by atoms with van der Waals surface area (Å²) >= 11 is 5.59. The predicted molar refractivity (Wildman–Crippen MR) is 65.4 cm³/mol. The smallest absolute Gasteiger partial charge is 0.246 e. The first-order valence-corrected chi connectivity index (χ1v) is 7.37. The zero-order valence-electron chi connectivity index (χ0n) is 9.51. The molecule has 0 saturated carbocycles. The Morgan fingerprint density at radius 3 is 2.89 bits per heavy atom. The van der Waals surface area contributed by atoms with E-state index in [1.54, 1.807) is 0 Å². The van der Waals surface area contributed by atoms with Gasteiger partial charge >= 0.3 is 0 Å². The molecule has 0 aromatic heterocycles. The van der Waals surface area contributed by atoms with Crippen LogP contribution in [0.5, 0.6) is 0 Å². The monoisotopic (exact) mass is 293 g/mol. The minimum atomic E-state index is -3.94. The number of benzene rings is 1. The summed E-state index contributed by atoms with van der Waals surface area (Å²) in [5.74, 6) is -0.942. The Hall–Kier alpha value is -0.690. The SMILES string of the molecule is O=S(=O)(c1cccc(Cl)c1F)N1CCC[C@H]1CO. The Bertz CT molecular complexity index is 549. The third kappa shape index (κ3) is 2.25. The highest BCUT2D eigenvalue weighted by atomic mass is 35.5. The van der Waals surface area contributed by atoms with E-state index in [4.69, 9.17) is 16.7 Å². The zero-order chi connectivity index (χ0) is 13.3. The molecule has 1 saturated heterocycles. The van der Waals surface area contributed by atoms with Crippen molar-refractivity contribution >= 4 is 21.6 Å². The summed E-state index contributed by atoms with van der Waals surface area (Å²) in [7, 11) is -3.94. The van der Waals surface area contributed by atoms with Crippen LogP contribution in [0.3, 0.4) is 0 Å². The Kier molecular flexibility index (Phi) is 3.91. The van der Waals surface area contributed by atoms with Gasteiger partial charge in [0.1, 0.15) is 4.90 Å². The van der Waals surface area contributed by atoms with Gasteiger partial charge in [-0.25, -0.2) is 12.8 Å². The van der Waals surface area contributed by atoms with E-state index >= 15 is 0 Å². The maximum absolute atomic E-state index is 13.8. The molecule has 100 valence electrons. The summed E-state index contributed by atoms with van der Waals surface area (Å²) in [5, 5.41) is 8.92. The van der Waals surface area contributed by atoms with E-state index in [2.05, 4.69) is 0 Å². The van der Waals surface area contributed by atoms with Gasteiger partial charge in [0.15, 0.2) is 5.82 Å². The summed E-state index contributed by atoms with van der Waals surface area (Å²) in [4.78, 5) is -0.435. The number of halogens is 2. The lowest BCUT2D eigenvalue weighted by Crippen LogP contribution is -2.38. The molecule has 1 aliphatic heterocycles. The molecule has 0 amide bonds. The van der Waals surface area contributed by atoms with Crippen LogP contribution >= 0.6 is 11.6 Å². The second-order valence-electron chi connectivity index (χ2n) is 4.15. The van der Waals surface area contributed by atoms with Crippen LogP contribution in [0.25, 0.3) is 0 Å². The van der Waals surface area contributed by atoms with Gasteiger partial charge in [0.25, 0.3) is 0 Å². The van der Waals surface area contributed by atoms with E-state index in [0.717, 1.165) is 4.31 Å². The number of sulfonamides is 1. The van der Waals surface area contributed by atoms with E-state index in [0.29, 0.717) is 19.4 Å². The fourth-order valence-corrected chi connectivity index (χ4v) is 4.12. The molecular weight excluding hydrogens is 281 g/mol. The normalized spacial score (nSPS) is 21.4. The summed E-state index contributed by atoms with van der Waals surface area (Å²) in [6.45, 7) is 0.0287. The second kappa shape index (κ2) is 5.13. The second-order valence-corrected chi connectivity index (χ2v) is 6.41. The lowest BCUT2D eigenvalue weighted by Gasteiger charge is -2.22. The van der Waals surface area contributed by atoms with Gasteiger partial charge in [0.05, 0.1) is 11.6 Å². The summed E-state index contributed by atoms with van der Waals surface area (Å²) < 4.78 is 39.5. The zero-order valence-corrected chi connectivity index (χ0v) is 11.1. The van der Waals surface area contributed by atoms with Crippen molar-refractivity contribution in [2.75, 3.05) is 13.2 Å². The summed E-state index contributed by atoms with van der Waals surface area (Å²) in [5.41, 5.74) is 0. The van der Waals surface area contributed by atoms with E-state index in [1.807, 2.05) is 0 Å². The van der Waals surface area contributed by atoms with Crippen molar-refractivity contribution in [2.45, 2.75) is 23.8 Å². The van der Waals surface area contributed by atoms with Gasteiger partial charge in [-0.15, -0.1) is 0 Å². The third-order valence-corrected chi connectivity index (χ3v) is 5.30. The molecule has 1 aromatic rings. The molecule has 1 heterocycles. The highest BCUT2D eigenvalue weighted by Crippen LogP contribution is 2.29. The van der Waals surface area contributed by atoms with Crippen LogP contribution in [0.1, 0.15) is 12.8 Å². The first kappa shape index (κ1) is 13.7. The average molecular weight is 294 g/mol. The molecule has 18 heavy (non-hydrogen) atoms. The third-order valence-electron chi connectivity index (χ3n) is 3.04. The van der Waals surface area contributed by atoms with Gasteiger partial charge in [-0.2, -0.15) is 4.31 Å². The van der Waals surface area contributed by atoms with Crippen LogP contribution in [0, 0.1) is 5.82 Å². The largest absolute Gasteiger partial charge is 0.395 e. The number of aliphatic hydroxyl groups excluding tert-OH is 1. The van der Waals surface area contributed by atoms with Crippen LogP contribution in [-0.4, -0.2) is 37.0 Å². The van der Waals surface area contributed by atoms with Crippen LogP contribution in [0.2, 0.25) is 5.02 Å². The first-order chi connectivity index (χ1) is 8.48. The molecular formula is C11H13ClFNO3S. The van der Waals surface area contributed by atoms with Gasteiger partial charge in [-0.3, -0.25) is 0 Å². The minimum Gasteiger partial charge on any atom is -0.395 e. The lowest BCUT2D eigenvalue weighted by molar-refractivity contribution is 0.213. The minimum absolute atomic E-state index is 0.226. The molecule has 1 N–H and O–H groups in total. The predicted octanol–water partition coefficient (Wildman–Crippen LogP) is 1.62. The summed E-state index contributed by atoms with van der Waals surface area (Å²) in [6, 6.07) is 3.39. The van der Waals surface area contributed by atoms with Gasteiger partial charge in [0.2, 0.25) is 10.0 Å². The molecule has 0 radical (unpaired) electrons. The van der Waals surface area contributed by atoms with Crippen molar-refractivity contribution in [3.8, 4) is 0 Å². The summed E-state index contributed by atoms with van der Waals surface area (Å²) in [6.07, 6.45) is 1.24. The molecule has 0 aliphatic carbocycles. The molecule has 1 aromatic carbocycles. The van der Waals surface area contributed by atoms with Crippen molar-refractivity contribution in [1.29, 1.82) is 0 Å². The van der Waals surface area contributed by atoms with Crippen LogP contribution in [0.4, 0.5) is 4.39 Å². The Labute approximate surface area is 110 Å². The molecule has 4 nitrogen and oxygen atoms in total. The van der Waals surface area contributed by atoms with Crippen molar-refractivity contribution in [3.05, 3.63) is 29.0 Å².